The molecule has 0 saturated carbocycles. The molecule has 2 nitrogen and oxygen atoms in total. The number of rotatable bonds is 3. The maximum absolute atomic E-state index is 9.47. The van der Waals surface area contributed by atoms with Gasteiger partial charge in [0.15, 0.2) is 11.5 Å². The fourth-order valence-electron chi connectivity index (χ4n) is 1.59. The summed E-state index contributed by atoms with van der Waals surface area (Å²) in [6, 6.07) is 16.4. The van der Waals surface area contributed by atoms with Gasteiger partial charge in [-0.05, 0) is 35.7 Å². The van der Waals surface area contributed by atoms with Crippen LogP contribution in [0.25, 0.3) is 0 Å². The van der Waals surface area contributed by atoms with Crippen molar-refractivity contribution in [1.82, 2.24) is 0 Å². The predicted molar refractivity (Wildman–Crippen MR) is 62.7 cm³/mol. The average molecular weight is 213 g/mol. The summed E-state index contributed by atoms with van der Waals surface area (Å²) in [7, 11) is 1.55. The number of phenolic OH excluding ortho intramolecular Hbond substituents is 1. The topological polar surface area (TPSA) is 29.5 Å². The SMILES string of the molecule is COc1cc(Cc2[c]cccc2)ccc1O. The van der Waals surface area contributed by atoms with E-state index in [4.69, 9.17) is 4.74 Å². The van der Waals surface area contributed by atoms with Gasteiger partial charge >= 0.3 is 0 Å². The molecule has 2 aromatic carbocycles. The zero-order chi connectivity index (χ0) is 11.4. The van der Waals surface area contributed by atoms with Gasteiger partial charge in [0.1, 0.15) is 0 Å². The minimum Gasteiger partial charge on any atom is -0.504 e. The van der Waals surface area contributed by atoms with E-state index in [1.807, 2.05) is 36.4 Å². The van der Waals surface area contributed by atoms with Crippen LogP contribution in [-0.4, -0.2) is 12.2 Å². The number of benzene rings is 2. The molecular formula is C14H13O2. The minimum absolute atomic E-state index is 0.170. The summed E-state index contributed by atoms with van der Waals surface area (Å²) in [5, 5.41) is 9.47. The number of ether oxygens (including phenoxy) is 1. The first-order valence-electron chi connectivity index (χ1n) is 5.11. The van der Waals surface area contributed by atoms with E-state index >= 15 is 0 Å². The minimum atomic E-state index is 0.170. The highest BCUT2D eigenvalue weighted by atomic mass is 16.5. The third-order valence-electron chi connectivity index (χ3n) is 2.41. The molecule has 2 rings (SSSR count). The molecule has 0 aliphatic rings. The van der Waals surface area contributed by atoms with Crippen molar-refractivity contribution in [3.05, 3.63) is 59.7 Å². The molecule has 0 spiro atoms. The Balaban J connectivity index is 2.22. The third kappa shape index (κ3) is 2.34. The second kappa shape index (κ2) is 4.71. The number of phenols is 1. The normalized spacial score (nSPS) is 10.1. The Bertz CT molecular complexity index is 463. The van der Waals surface area contributed by atoms with E-state index in [1.54, 1.807) is 13.2 Å². The Kier molecular flexibility index (Phi) is 3.10. The van der Waals surface area contributed by atoms with Crippen LogP contribution in [0.5, 0.6) is 11.5 Å². The molecule has 1 N–H and O–H groups in total. The lowest BCUT2D eigenvalue weighted by atomic mass is 10.0. The smallest absolute Gasteiger partial charge is 0.160 e. The highest BCUT2D eigenvalue weighted by Crippen LogP contribution is 2.27. The molecule has 0 amide bonds. The van der Waals surface area contributed by atoms with Gasteiger partial charge in [0.2, 0.25) is 0 Å². The number of methoxy groups -OCH3 is 1. The second-order valence-corrected chi connectivity index (χ2v) is 3.57. The van der Waals surface area contributed by atoms with Gasteiger partial charge in [-0.3, -0.25) is 0 Å². The monoisotopic (exact) mass is 213 g/mol. The van der Waals surface area contributed by atoms with Crippen LogP contribution < -0.4 is 4.74 Å². The third-order valence-corrected chi connectivity index (χ3v) is 2.41. The average Bonchev–Trinajstić information content (AvgIpc) is 2.33. The molecule has 2 aromatic rings. The summed E-state index contributed by atoms with van der Waals surface area (Å²) < 4.78 is 5.06. The molecule has 0 bridgehead atoms. The van der Waals surface area contributed by atoms with Crippen LogP contribution in [0.4, 0.5) is 0 Å². The van der Waals surface area contributed by atoms with Gasteiger partial charge in [-0.15, -0.1) is 0 Å². The van der Waals surface area contributed by atoms with Gasteiger partial charge in [-0.2, -0.15) is 0 Å². The molecule has 0 aliphatic heterocycles. The zero-order valence-corrected chi connectivity index (χ0v) is 9.10. The van der Waals surface area contributed by atoms with E-state index in [0.717, 1.165) is 17.5 Å². The highest BCUT2D eigenvalue weighted by molar-refractivity contribution is 5.43. The largest absolute Gasteiger partial charge is 0.504 e. The van der Waals surface area contributed by atoms with E-state index in [9.17, 15) is 5.11 Å². The van der Waals surface area contributed by atoms with Crippen molar-refractivity contribution in [2.45, 2.75) is 6.42 Å². The number of hydrogen-bond acceptors (Lipinski definition) is 2. The summed E-state index contributed by atoms with van der Waals surface area (Å²) in [5.41, 5.74) is 2.22. The Morgan fingerprint density at radius 1 is 1.25 bits per heavy atom. The van der Waals surface area contributed by atoms with E-state index in [0.29, 0.717) is 5.75 Å². The maximum atomic E-state index is 9.47. The van der Waals surface area contributed by atoms with Gasteiger partial charge in [0, 0.05) is 0 Å². The van der Waals surface area contributed by atoms with Gasteiger partial charge < -0.3 is 9.84 Å². The molecule has 0 aliphatic carbocycles. The Hall–Kier alpha value is -1.96. The fraction of sp³-hybridized carbons (Fsp3) is 0.143. The van der Waals surface area contributed by atoms with Gasteiger partial charge in [0.05, 0.1) is 7.11 Å². The van der Waals surface area contributed by atoms with Gasteiger partial charge in [0.25, 0.3) is 0 Å². The second-order valence-electron chi connectivity index (χ2n) is 3.57. The first-order valence-corrected chi connectivity index (χ1v) is 5.11. The molecule has 0 fully saturated rings. The fourth-order valence-corrected chi connectivity index (χ4v) is 1.59. The van der Waals surface area contributed by atoms with E-state index in [2.05, 4.69) is 6.07 Å². The standard InChI is InChI=1S/C14H13O2/c1-16-14-10-12(7-8-13(14)15)9-11-5-3-2-4-6-11/h2-5,7-8,10,15H,9H2,1H3. The molecule has 0 heterocycles. The van der Waals surface area contributed by atoms with Crippen LogP contribution >= 0.6 is 0 Å². The van der Waals surface area contributed by atoms with Crippen LogP contribution in [0.1, 0.15) is 11.1 Å². The lowest BCUT2D eigenvalue weighted by Gasteiger charge is -2.06. The summed E-state index contributed by atoms with van der Waals surface area (Å²) in [6.45, 7) is 0. The summed E-state index contributed by atoms with van der Waals surface area (Å²) in [6.07, 6.45) is 0.789. The molecule has 2 heteroatoms. The maximum Gasteiger partial charge on any atom is 0.160 e. The van der Waals surface area contributed by atoms with Crippen molar-refractivity contribution < 1.29 is 9.84 Å². The number of hydrogen-bond donors (Lipinski definition) is 1. The molecule has 16 heavy (non-hydrogen) atoms. The predicted octanol–water partition coefficient (Wildman–Crippen LogP) is 2.79. The Labute approximate surface area is 95.1 Å². The first kappa shape index (κ1) is 10.6. The van der Waals surface area contributed by atoms with Crippen molar-refractivity contribution in [1.29, 1.82) is 0 Å². The Morgan fingerprint density at radius 3 is 2.81 bits per heavy atom. The molecule has 0 atom stereocenters. The summed E-state index contributed by atoms with van der Waals surface area (Å²) in [4.78, 5) is 0. The van der Waals surface area contributed by atoms with E-state index < -0.39 is 0 Å². The van der Waals surface area contributed by atoms with Crippen molar-refractivity contribution in [3.63, 3.8) is 0 Å². The van der Waals surface area contributed by atoms with Crippen LogP contribution in [0.3, 0.4) is 0 Å². The quantitative estimate of drug-likeness (QED) is 0.849. The Morgan fingerprint density at radius 2 is 2.12 bits per heavy atom. The van der Waals surface area contributed by atoms with Crippen LogP contribution in [0.2, 0.25) is 0 Å². The number of aromatic hydroxyl groups is 1. The van der Waals surface area contributed by atoms with Crippen molar-refractivity contribution in [2.24, 2.45) is 0 Å². The zero-order valence-electron chi connectivity index (χ0n) is 9.10. The van der Waals surface area contributed by atoms with E-state index in [-0.39, 0.29) is 5.75 Å². The summed E-state index contributed by atoms with van der Waals surface area (Å²) >= 11 is 0. The van der Waals surface area contributed by atoms with Gasteiger partial charge in [-0.25, -0.2) is 0 Å². The van der Waals surface area contributed by atoms with Crippen LogP contribution in [0.15, 0.2) is 42.5 Å². The van der Waals surface area contributed by atoms with Crippen molar-refractivity contribution in [3.8, 4) is 11.5 Å². The van der Waals surface area contributed by atoms with E-state index in [1.165, 1.54) is 0 Å². The summed E-state index contributed by atoms with van der Waals surface area (Å²) in [5.74, 6) is 0.678. The lowest BCUT2D eigenvalue weighted by molar-refractivity contribution is 0.373. The first-order chi connectivity index (χ1) is 7.79. The van der Waals surface area contributed by atoms with Crippen molar-refractivity contribution >= 4 is 0 Å². The van der Waals surface area contributed by atoms with Crippen molar-refractivity contribution in [2.75, 3.05) is 7.11 Å². The molecule has 0 saturated heterocycles. The van der Waals surface area contributed by atoms with Gasteiger partial charge in [-0.1, -0.05) is 30.3 Å². The molecule has 1 radical (unpaired) electrons. The highest BCUT2D eigenvalue weighted by Gasteiger charge is 2.03. The molecule has 0 unspecified atom stereocenters. The molecule has 0 aromatic heterocycles. The van der Waals surface area contributed by atoms with Crippen LogP contribution in [0, 0.1) is 6.07 Å². The van der Waals surface area contributed by atoms with Crippen LogP contribution in [-0.2, 0) is 6.42 Å². The molecule has 81 valence electrons. The molecular weight excluding hydrogens is 200 g/mol. The lowest BCUT2D eigenvalue weighted by Crippen LogP contribution is -1.90.